The molecule has 0 aliphatic heterocycles. The van der Waals surface area contributed by atoms with Crippen molar-refractivity contribution in [3.63, 3.8) is 0 Å². The molecule has 0 radical (unpaired) electrons. The second-order valence-electron chi connectivity index (χ2n) is 3.42. The van der Waals surface area contributed by atoms with Crippen LogP contribution in [0.3, 0.4) is 0 Å². The van der Waals surface area contributed by atoms with Crippen molar-refractivity contribution in [3.8, 4) is 0 Å². The lowest BCUT2D eigenvalue weighted by molar-refractivity contribution is -0.122. The molecule has 0 saturated heterocycles. The molecule has 0 aliphatic carbocycles. The average Bonchev–Trinajstić information content (AvgIpc) is 2.29. The van der Waals surface area contributed by atoms with Gasteiger partial charge in [0.2, 0.25) is 5.91 Å². The van der Waals surface area contributed by atoms with Crippen LogP contribution in [0.5, 0.6) is 0 Å². The van der Waals surface area contributed by atoms with Gasteiger partial charge in [0.05, 0.1) is 6.04 Å². The molecular formula is C11H15BrCl2N2O. The topological polar surface area (TPSA) is 55.1 Å². The van der Waals surface area contributed by atoms with Gasteiger partial charge in [-0.2, -0.15) is 0 Å². The van der Waals surface area contributed by atoms with Gasteiger partial charge in [-0.1, -0.05) is 39.7 Å². The molecule has 0 heterocycles. The van der Waals surface area contributed by atoms with E-state index in [1.165, 1.54) is 0 Å². The second kappa shape index (κ2) is 8.75. The summed E-state index contributed by atoms with van der Waals surface area (Å²) in [6, 6.07) is 6.82. The quantitative estimate of drug-likeness (QED) is 0.806. The molecule has 96 valence electrons. The first-order valence-corrected chi connectivity index (χ1v) is 6.47. The largest absolute Gasteiger partial charge is 0.354 e. The van der Waals surface area contributed by atoms with Crippen LogP contribution in [0.4, 0.5) is 0 Å². The zero-order chi connectivity index (χ0) is 12.0. The predicted molar refractivity (Wildman–Crippen MR) is 77.2 cm³/mol. The normalized spacial score (nSPS) is 11.5. The van der Waals surface area contributed by atoms with Crippen LogP contribution in [0.15, 0.2) is 24.3 Å². The molecule has 1 rings (SSSR count). The lowest BCUT2D eigenvalue weighted by Crippen LogP contribution is -2.42. The minimum atomic E-state index is -0.514. The fourth-order valence-electron chi connectivity index (χ4n) is 1.27. The highest BCUT2D eigenvalue weighted by molar-refractivity contribution is 9.09. The Morgan fingerprint density at radius 3 is 2.53 bits per heavy atom. The number of hydrogen-bond donors (Lipinski definition) is 2. The molecule has 0 saturated carbocycles. The number of rotatable bonds is 5. The van der Waals surface area contributed by atoms with E-state index in [2.05, 4.69) is 21.2 Å². The van der Waals surface area contributed by atoms with Gasteiger partial charge in [-0.3, -0.25) is 4.79 Å². The number of carbonyl (C=O) groups excluding carboxylic acids is 1. The van der Waals surface area contributed by atoms with Gasteiger partial charge in [-0.25, -0.2) is 0 Å². The predicted octanol–water partition coefficient (Wildman–Crippen LogP) is 2.14. The van der Waals surface area contributed by atoms with Crippen molar-refractivity contribution < 1.29 is 4.79 Å². The third-order valence-corrected chi connectivity index (χ3v) is 2.75. The molecule has 1 aromatic rings. The van der Waals surface area contributed by atoms with E-state index in [-0.39, 0.29) is 18.3 Å². The van der Waals surface area contributed by atoms with Gasteiger partial charge < -0.3 is 11.1 Å². The molecule has 0 spiro atoms. The number of halogens is 3. The highest BCUT2D eigenvalue weighted by Gasteiger charge is 2.12. The van der Waals surface area contributed by atoms with Crippen LogP contribution in [0, 0.1) is 0 Å². The standard InChI is InChI=1S/C11H14BrClN2O.ClH/c12-5-6-15-11(16)10(14)7-8-1-3-9(13)4-2-8;/h1-4,10H,5-7,14H2,(H,15,16);1H. The van der Waals surface area contributed by atoms with E-state index < -0.39 is 6.04 Å². The molecule has 6 heteroatoms. The molecule has 0 aromatic heterocycles. The molecule has 17 heavy (non-hydrogen) atoms. The second-order valence-corrected chi connectivity index (χ2v) is 4.65. The van der Waals surface area contributed by atoms with Crippen molar-refractivity contribution >= 4 is 45.8 Å². The summed E-state index contributed by atoms with van der Waals surface area (Å²) in [4.78, 5) is 11.5. The van der Waals surface area contributed by atoms with Crippen LogP contribution in [-0.2, 0) is 11.2 Å². The van der Waals surface area contributed by atoms with Crippen molar-refractivity contribution in [2.24, 2.45) is 5.73 Å². The van der Waals surface area contributed by atoms with Crippen molar-refractivity contribution in [1.29, 1.82) is 0 Å². The SMILES string of the molecule is Cl.NC(Cc1ccc(Cl)cc1)C(=O)NCCBr. The summed E-state index contributed by atoms with van der Waals surface area (Å²) >= 11 is 9.00. The van der Waals surface area contributed by atoms with E-state index >= 15 is 0 Å². The third kappa shape index (κ3) is 6.27. The van der Waals surface area contributed by atoms with Gasteiger partial charge in [-0.05, 0) is 24.1 Å². The van der Waals surface area contributed by atoms with Crippen LogP contribution < -0.4 is 11.1 Å². The summed E-state index contributed by atoms with van der Waals surface area (Å²) < 4.78 is 0. The zero-order valence-corrected chi connectivity index (χ0v) is 12.3. The average molecular weight is 342 g/mol. The highest BCUT2D eigenvalue weighted by atomic mass is 79.9. The minimum Gasteiger partial charge on any atom is -0.354 e. The Balaban J connectivity index is 0.00000256. The Labute approximate surface area is 121 Å². The van der Waals surface area contributed by atoms with Crippen molar-refractivity contribution in [2.75, 3.05) is 11.9 Å². The number of hydrogen-bond acceptors (Lipinski definition) is 2. The highest BCUT2D eigenvalue weighted by Crippen LogP contribution is 2.10. The van der Waals surface area contributed by atoms with E-state index in [1.54, 1.807) is 12.1 Å². The van der Waals surface area contributed by atoms with Gasteiger partial charge in [0, 0.05) is 16.9 Å². The van der Waals surface area contributed by atoms with Crippen LogP contribution in [0.2, 0.25) is 5.02 Å². The van der Waals surface area contributed by atoms with E-state index in [4.69, 9.17) is 17.3 Å². The Hall–Kier alpha value is -0.290. The summed E-state index contributed by atoms with van der Waals surface area (Å²) in [7, 11) is 0. The fourth-order valence-corrected chi connectivity index (χ4v) is 1.59. The van der Waals surface area contributed by atoms with E-state index in [0.717, 1.165) is 10.9 Å². The maximum absolute atomic E-state index is 11.5. The molecule has 1 unspecified atom stereocenters. The fraction of sp³-hybridized carbons (Fsp3) is 0.364. The Morgan fingerprint density at radius 1 is 1.41 bits per heavy atom. The molecular weight excluding hydrogens is 327 g/mol. The van der Waals surface area contributed by atoms with Gasteiger partial charge in [-0.15, -0.1) is 12.4 Å². The number of benzene rings is 1. The van der Waals surface area contributed by atoms with Crippen LogP contribution in [0.25, 0.3) is 0 Å². The van der Waals surface area contributed by atoms with Crippen LogP contribution in [-0.4, -0.2) is 23.8 Å². The Morgan fingerprint density at radius 2 is 2.00 bits per heavy atom. The number of nitrogens with one attached hydrogen (secondary N) is 1. The summed E-state index contributed by atoms with van der Waals surface area (Å²) in [6.07, 6.45) is 0.519. The summed E-state index contributed by atoms with van der Waals surface area (Å²) in [5, 5.41) is 4.14. The molecule has 3 N–H and O–H groups in total. The van der Waals surface area contributed by atoms with Gasteiger partial charge in [0.1, 0.15) is 0 Å². The van der Waals surface area contributed by atoms with Gasteiger partial charge in [0.25, 0.3) is 0 Å². The van der Waals surface area contributed by atoms with E-state index in [9.17, 15) is 4.79 Å². The molecule has 0 bridgehead atoms. The number of carbonyl (C=O) groups is 1. The first-order chi connectivity index (χ1) is 7.63. The minimum absolute atomic E-state index is 0. The molecule has 1 atom stereocenters. The number of alkyl halides is 1. The van der Waals surface area contributed by atoms with Gasteiger partial charge >= 0.3 is 0 Å². The molecule has 0 aliphatic rings. The molecule has 1 amide bonds. The first-order valence-electron chi connectivity index (χ1n) is 4.97. The lowest BCUT2D eigenvalue weighted by Gasteiger charge is -2.11. The zero-order valence-electron chi connectivity index (χ0n) is 9.16. The van der Waals surface area contributed by atoms with Crippen molar-refractivity contribution in [3.05, 3.63) is 34.9 Å². The molecule has 0 fully saturated rings. The number of nitrogens with two attached hydrogens (primary N) is 1. The van der Waals surface area contributed by atoms with Gasteiger partial charge in [0.15, 0.2) is 0 Å². The maximum atomic E-state index is 11.5. The molecule has 1 aromatic carbocycles. The summed E-state index contributed by atoms with van der Waals surface area (Å²) in [5.74, 6) is -0.130. The van der Waals surface area contributed by atoms with Crippen molar-refractivity contribution in [1.82, 2.24) is 5.32 Å². The van der Waals surface area contributed by atoms with E-state index in [0.29, 0.717) is 18.0 Å². The molecule has 3 nitrogen and oxygen atoms in total. The summed E-state index contributed by atoms with van der Waals surface area (Å²) in [6.45, 7) is 0.590. The first kappa shape index (κ1) is 16.7. The Kier molecular flexibility index (Phi) is 8.60. The van der Waals surface area contributed by atoms with Crippen LogP contribution >= 0.6 is 39.9 Å². The summed E-state index contributed by atoms with van der Waals surface area (Å²) in [5.41, 5.74) is 6.77. The monoisotopic (exact) mass is 340 g/mol. The Bertz CT molecular complexity index is 346. The van der Waals surface area contributed by atoms with Crippen molar-refractivity contribution in [2.45, 2.75) is 12.5 Å². The number of amides is 1. The lowest BCUT2D eigenvalue weighted by atomic mass is 10.1. The van der Waals surface area contributed by atoms with E-state index in [1.807, 2.05) is 12.1 Å². The maximum Gasteiger partial charge on any atom is 0.237 e. The smallest absolute Gasteiger partial charge is 0.237 e. The van der Waals surface area contributed by atoms with Crippen LogP contribution in [0.1, 0.15) is 5.56 Å². The third-order valence-electron chi connectivity index (χ3n) is 2.10.